The molecule has 1 aliphatic rings. The van der Waals surface area contributed by atoms with Crippen LogP contribution in [0.4, 0.5) is 10.1 Å². The first-order chi connectivity index (χ1) is 8.70. The summed E-state index contributed by atoms with van der Waals surface area (Å²) in [6.45, 7) is 1.04. The average molecular weight is 247 g/mol. The van der Waals surface area contributed by atoms with E-state index in [9.17, 15) is 9.18 Å². The lowest BCUT2D eigenvalue weighted by atomic mass is 10.2. The molecule has 18 heavy (non-hydrogen) atoms. The number of halogens is 1. The second-order valence-electron chi connectivity index (χ2n) is 4.30. The fraction of sp³-hybridized carbons (Fsp3) is 0.385. The summed E-state index contributed by atoms with van der Waals surface area (Å²) in [5.41, 5.74) is 0.634. The van der Waals surface area contributed by atoms with Crippen LogP contribution in [-0.2, 0) is 4.79 Å². The van der Waals surface area contributed by atoms with Crippen molar-refractivity contribution in [2.24, 2.45) is 5.92 Å². The van der Waals surface area contributed by atoms with E-state index in [1.807, 2.05) is 0 Å². The van der Waals surface area contributed by atoms with Crippen molar-refractivity contribution in [3.63, 3.8) is 0 Å². The highest BCUT2D eigenvalue weighted by atomic mass is 19.1. The highest BCUT2D eigenvalue weighted by molar-refractivity contribution is 5.80. The van der Waals surface area contributed by atoms with Gasteiger partial charge in [0.1, 0.15) is 11.9 Å². The summed E-state index contributed by atoms with van der Waals surface area (Å²) < 4.78 is 13.3. The number of nitrogens with zero attached hydrogens (tertiary/aromatic N) is 1. The summed E-state index contributed by atoms with van der Waals surface area (Å²) in [5.74, 6) is -0.232. The molecule has 0 atom stereocenters. The number of rotatable bonds is 5. The molecule has 1 saturated carbocycles. The van der Waals surface area contributed by atoms with Crippen LogP contribution in [0.15, 0.2) is 18.2 Å². The van der Waals surface area contributed by atoms with Gasteiger partial charge in [-0.3, -0.25) is 4.79 Å². The van der Waals surface area contributed by atoms with Gasteiger partial charge in [-0.2, -0.15) is 5.26 Å². The molecule has 0 heterocycles. The van der Waals surface area contributed by atoms with Crippen molar-refractivity contribution in [1.82, 2.24) is 5.32 Å². The topological polar surface area (TPSA) is 64.9 Å². The molecule has 1 amide bonds. The number of nitriles is 1. The van der Waals surface area contributed by atoms with Gasteiger partial charge in [0.05, 0.1) is 5.56 Å². The third-order valence-electron chi connectivity index (χ3n) is 2.79. The second kappa shape index (κ2) is 5.50. The van der Waals surface area contributed by atoms with Crippen molar-refractivity contribution in [3.05, 3.63) is 29.6 Å². The minimum atomic E-state index is -0.537. The summed E-state index contributed by atoms with van der Waals surface area (Å²) in [5, 5.41) is 14.4. The van der Waals surface area contributed by atoms with Crippen LogP contribution < -0.4 is 10.6 Å². The summed E-state index contributed by atoms with van der Waals surface area (Å²) in [6, 6.07) is 6.12. The first-order valence-electron chi connectivity index (χ1n) is 5.92. The molecule has 4 nitrogen and oxygen atoms in total. The van der Waals surface area contributed by atoms with Gasteiger partial charge in [0.25, 0.3) is 0 Å². The Bertz CT molecular complexity index is 491. The van der Waals surface area contributed by atoms with Crippen LogP contribution in [0.5, 0.6) is 0 Å². The van der Waals surface area contributed by atoms with E-state index < -0.39 is 5.82 Å². The largest absolute Gasteiger partial charge is 0.383 e. The van der Waals surface area contributed by atoms with Crippen LogP contribution in [-0.4, -0.2) is 19.0 Å². The van der Waals surface area contributed by atoms with E-state index in [2.05, 4.69) is 10.6 Å². The zero-order chi connectivity index (χ0) is 13.0. The van der Waals surface area contributed by atoms with Crippen LogP contribution >= 0.6 is 0 Å². The average Bonchev–Trinajstić information content (AvgIpc) is 3.19. The van der Waals surface area contributed by atoms with E-state index in [1.165, 1.54) is 12.1 Å². The maximum Gasteiger partial charge on any atom is 0.223 e. The summed E-state index contributed by atoms with van der Waals surface area (Å²) >= 11 is 0. The quantitative estimate of drug-likeness (QED) is 0.777. The number of nitrogens with one attached hydrogen (secondary N) is 2. The molecule has 0 saturated heterocycles. The van der Waals surface area contributed by atoms with Crippen LogP contribution in [0.25, 0.3) is 0 Å². The van der Waals surface area contributed by atoms with Gasteiger partial charge < -0.3 is 10.6 Å². The van der Waals surface area contributed by atoms with Crippen molar-refractivity contribution in [1.29, 1.82) is 5.26 Å². The molecule has 2 rings (SSSR count). The summed E-state index contributed by atoms with van der Waals surface area (Å²) in [4.78, 5) is 11.3. The van der Waals surface area contributed by atoms with E-state index in [4.69, 9.17) is 5.26 Å². The molecule has 5 heteroatoms. The predicted octanol–water partition coefficient (Wildman–Crippen LogP) is 1.64. The normalized spacial score (nSPS) is 13.8. The first kappa shape index (κ1) is 12.4. The maximum absolute atomic E-state index is 13.3. The van der Waals surface area contributed by atoms with Gasteiger partial charge in [0.2, 0.25) is 5.91 Å². The fourth-order valence-corrected chi connectivity index (χ4v) is 1.60. The number of carbonyl (C=O) groups is 1. The van der Waals surface area contributed by atoms with Gasteiger partial charge in [-0.15, -0.1) is 0 Å². The SMILES string of the molecule is N#Cc1ccc(NCCNC(=O)C2CC2)cc1F. The number of hydrogen-bond acceptors (Lipinski definition) is 3. The van der Waals surface area contributed by atoms with Gasteiger partial charge >= 0.3 is 0 Å². The highest BCUT2D eigenvalue weighted by Crippen LogP contribution is 2.28. The molecule has 2 N–H and O–H groups in total. The number of carbonyl (C=O) groups excluding carboxylic acids is 1. The van der Waals surface area contributed by atoms with Crippen molar-refractivity contribution >= 4 is 11.6 Å². The molecule has 0 aliphatic heterocycles. The Kier molecular flexibility index (Phi) is 3.78. The molecular formula is C13H14FN3O. The Hall–Kier alpha value is -2.09. The molecule has 0 radical (unpaired) electrons. The molecule has 0 unspecified atom stereocenters. The fourth-order valence-electron chi connectivity index (χ4n) is 1.60. The molecule has 0 aromatic heterocycles. The molecule has 1 fully saturated rings. The monoisotopic (exact) mass is 247 g/mol. The van der Waals surface area contributed by atoms with Crippen molar-refractivity contribution < 1.29 is 9.18 Å². The van der Waals surface area contributed by atoms with Crippen molar-refractivity contribution in [2.45, 2.75) is 12.8 Å². The van der Waals surface area contributed by atoms with E-state index in [0.717, 1.165) is 12.8 Å². The maximum atomic E-state index is 13.3. The predicted molar refractivity (Wildman–Crippen MR) is 65.3 cm³/mol. The van der Waals surface area contributed by atoms with Crippen LogP contribution in [0, 0.1) is 23.1 Å². The lowest BCUT2D eigenvalue weighted by Gasteiger charge is -2.08. The molecular weight excluding hydrogens is 233 g/mol. The van der Waals surface area contributed by atoms with Gasteiger partial charge in [-0.1, -0.05) is 0 Å². The summed E-state index contributed by atoms with van der Waals surface area (Å²) in [7, 11) is 0. The standard InChI is InChI=1S/C13H14FN3O/c14-12-7-11(4-3-10(12)8-15)16-5-6-17-13(18)9-1-2-9/h3-4,7,9,16H,1-2,5-6H2,(H,17,18). The minimum absolute atomic E-state index is 0.0302. The zero-order valence-corrected chi connectivity index (χ0v) is 9.87. The van der Waals surface area contributed by atoms with Crippen LogP contribution in [0.3, 0.4) is 0 Å². The lowest BCUT2D eigenvalue weighted by Crippen LogP contribution is -2.29. The molecule has 94 valence electrons. The Morgan fingerprint density at radius 1 is 1.44 bits per heavy atom. The Morgan fingerprint density at radius 3 is 2.83 bits per heavy atom. The first-order valence-corrected chi connectivity index (χ1v) is 5.92. The van der Waals surface area contributed by atoms with Gasteiger partial charge in [-0.25, -0.2) is 4.39 Å². The van der Waals surface area contributed by atoms with E-state index >= 15 is 0 Å². The Morgan fingerprint density at radius 2 is 2.22 bits per heavy atom. The van der Waals surface area contributed by atoms with Crippen LogP contribution in [0.1, 0.15) is 18.4 Å². The minimum Gasteiger partial charge on any atom is -0.383 e. The number of amides is 1. The molecule has 0 bridgehead atoms. The molecule has 1 aromatic carbocycles. The number of benzene rings is 1. The van der Waals surface area contributed by atoms with E-state index in [-0.39, 0.29) is 17.4 Å². The number of anilines is 1. The summed E-state index contributed by atoms with van der Waals surface area (Å²) in [6.07, 6.45) is 1.97. The molecule has 1 aromatic rings. The van der Waals surface area contributed by atoms with Crippen LogP contribution in [0.2, 0.25) is 0 Å². The molecule has 0 spiro atoms. The third-order valence-corrected chi connectivity index (χ3v) is 2.79. The van der Waals surface area contributed by atoms with E-state index in [1.54, 1.807) is 12.1 Å². The van der Waals surface area contributed by atoms with E-state index in [0.29, 0.717) is 18.8 Å². The van der Waals surface area contributed by atoms with Crippen molar-refractivity contribution in [2.75, 3.05) is 18.4 Å². The Balaban J connectivity index is 1.74. The van der Waals surface area contributed by atoms with Gasteiger partial charge in [0, 0.05) is 24.7 Å². The second-order valence-corrected chi connectivity index (χ2v) is 4.30. The third kappa shape index (κ3) is 3.20. The molecule has 1 aliphatic carbocycles. The van der Waals surface area contributed by atoms with Gasteiger partial charge in [-0.05, 0) is 31.0 Å². The van der Waals surface area contributed by atoms with Crippen molar-refractivity contribution in [3.8, 4) is 6.07 Å². The lowest BCUT2D eigenvalue weighted by molar-refractivity contribution is -0.122. The number of hydrogen-bond donors (Lipinski definition) is 2. The highest BCUT2D eigenvalue weighted by Gasteiger charge is 2.28. The zero-order valence-electron chi connectivity index (χ0n) is 9.87. The Labute approximate surface area is 105 Å². The smallest absolute Gasteiger partial charge is 0.223 e. The van der Waals surface area contributed by atoms with Gasteiger partial charge in [0.15, 0.2) is 0 Å².